The molecule has 0 radical (unpaired) electrons. The van der Waals surface area contributed by atoms with Crippen molar-refractivity contribution in [2.45, 2.75) is 38.4 Å². The summed E-state index contributed by atoms with van der Waals surface area (Å²) in [6, 6.07) is 14.3. The van der Waals surface area contributed by atoms with E-state index >= 15 is 0 Å². The minimum Gasteiger partial charge on any atom is -0.430 e. The summed E-state index contributed by atoms with van der Waals surface area (Å²) in [6.45, 7) is 6.59. The molecule has 0 N–H and O–H groups in total. The van der Waals surface area contributed by atoms with E-state index in [-0.39, 0.29) is 11.9 Å². The monoisotopic (exact) mass is 334 g/mol. The summed E-state index contributed by atoms with van der Waals surface area (Å²) in [6.07, 6.45) is 3.29. The quantitative estimate of drug-likeness (QED) is 0.415. The van der Waals surface area contributed by atoms with Gasteiger partial charge >= 0.3 is 5.97 Å². The Hall–Kier alpha value is -2.31. The van der Waals surface area contributed by atoms with Crippen LogP contribution in [0.25, 0.3) is 10.8 Å². The Balaban J connectivity index is 1.82. The summed E-state index contributed by atoms with van der Waals surface area (Å²) in [5, 5.41) is 2.29. The van der Waals surface area contributed by atoms with E-state index in [1.807, 2.05) is 24.3 Å². The first-order chi connectivity index (χ1) is 11.4. The third kappa shape index (κ3) is 3.77. The first kappa shape index (κ1) is 16.5. The van der Waals surface area contributed by atoms with Crippen LogP contribution in [0.2, 0.25) is 19.6 Å². The summed E-state index contributed by atoms with van der Waals surface area (Å²) in [5.74, 6) is 3.40. The van der Waals surface area contributed by atoms with E-state index < -0.39 is 8.07 Å². The second kappa shape index (κ2) is 6.66. The molecular formula is C21H22O2Si. The van der Waals surface area contributed by atoms with E-state index in [0.29, 0.717) is 5.76 Å². The van der Waals surface area contributed by atoms with Gasteiger partial charge in [-0.15, -0.1) is 5.54 Å². The van der Waals surface area contributed by atoms with Gasteiger partial charge < -0.3 is 4.74 Å². The lowest BCUT2D eigenvalue weighted by atomic mass is 9.88. The Kier molecular flexibility index (Phi) is 4.59. The molecule has 0 aliphatic carbocycles. The summed E-state index contributed by atoms with van der Waals surface area (Å²) in [4.78, 5) is 12.5. The molecule has 3 heteroatoms. The van der Waals surface area contributed by atoms with Gasteiger partial charge in [0.15, 0.2) is 0 Å². The van der Waals surface area contributed by atoms with Crippen LogP contribution >= 0.6 is 0 Å². The molecule has 24 heavy (non-hydrogen) atoms. The first-order valence-corrected chi connectivity index (χ1v) is 11.9. The molecule has 0 aromatic heterocycles. The SMILES string of the molecule is C[Si](C)(C)C#C/C=C1/CCC(c2cccc3ccccc23)C(=O)O1. The fourth-order valence-corrected chi connectivity index (χ4v) is 3.43. The van der Waals surface area contributed by atoms with E-state index in [0.717, 1.165) is 29.2 Å². The molecule has 0 bridgehead atoms. The van der Waals surface area contributed by atoms with Crippen LogP contribution in [0.5, 0.6) is 0 Å². The van der Waals surface area contributed by atoms with Crippen LogP contribution in [0, 0.1) is 11.5 Å². The Morgan fingerprint density at radius 2 is 1.88 bits per heavy atom. The Labute approximate surface area is 144 Å². The highest BCUT2D eigenvalue weighted by molar-refractivity contribution is 6.83. The highest BCUT2D eigenvalue weighted by Gasteiger charge is 2.29. The maximum Gasteiger partial charge on any atom is 0.318 e. The molecule has 1 unspecified atom stereocenters. The topological polar surface area (TPSA) is 26.3 Å². The molecule has 1 saturated heterocycles. The number of fused-ring (bicyclic) bond motifs is 1. The van der Waals surface area contributed by atoms with Crippen molar-refractivity contribution in [3.8, 4) is 11.5 Å². The lowest BCUT2D eigenvalue weighted by molar-refractivity contribution is -0.143. The van der Waals surface area contributed by atoms with Crippen molar-refractivity contribution in [3.63, 3.8) is 0 Å². The van der Waals surface area contributed by atoms with Crippen LogP contribution in [0.3, 0.4) is 0 Å². The second-order valence-corrected chi connectivity index (χ2v) is 12.0. The van der Waals surface area contributed by atoms with Crippen molar-refractivity contribution >= 4 is 24.8 Å². The Bertz CT molecular complexity index is 857. The minimum absolute atomic E-state index is 0.168. The van der Waals surface area contributed by atoms with Gasteiger partial charge in [-0.3, -0.25) is 4.79 Å². The van der Waals surface area contributed by atoms with Gasteiger partial charge in [-0.05, 0) is 22.8 Å². The molecule has 122 valence electrons. The largest absolute Gasteiger partial charge is 0.430 e. The van der Waals surface area contributed by atoms with Gasteiger partial charge in [-0.2, -0.15) is 0 Å². The first-order valence-electron chi connectivity index (χ1n) is 8.35. The number of benzene rings is 2. The van der Waals surface area contributed by atoms with Crippen LogP contribution in [0.15, 0.2) is 54.3 Å². The van der Waals surface area contributed by atoms with Gasteiger partial charge in [0.05, 0.1) is 5.92 Å². The number of ether oxygens (including phenoxy) is 1. The fourth-order valence-electron chi connectivity index (χ4n) is 2.93. The number of cyclic esters (lactones) is 1. The van der Waals surface area contributed by atoms with E-state index in [4.69, 9.17) is 4.74 Å². The maximum absolute atomic E-state index is 12.5. The van der Waals surface area contributed by atoms with E-state index in [2.05, 4.69) is 49.3 Å². The van der Waals surface area contributed by atoms with Gasteiger partial charge in [-0.1, -0.05) is 68.0 Å². The molecule has 2 aromatic carbocycles. The smallest absolute Gasteiger partial charge is 0.318 e. The van der Waals surface area contributed by atoms with Crippen molar-refractivity contribution in [1.29, 1.82) is 0 Å². The molecule has 0 saturated carbocycles. The molecular weight excluding hydrogens is 312 g/mol. The molecule has 1 heterocycles. The summed E-state index contributed by atoms with van der Waals surface area (Å²) in [5.41, 5.74) is 4.33. The fraction of sp³-hybridized carbons (Fsp3) is 0.286. The average molecular weight is 334 g/mol. The third-order valence-corrected chi connectivity index (χ3v) is 4.97. The standard InChI is InChI=1S/C21H22O2Si/c1-24(2,3)15-7-10-17-13-14-20(21(22)23-17)19-12-6-9-16-8-4-5-11-18(16)19/h4-6,8-12,20H,13-14H2,1-3H3/b17-10-. The van der Waals surface area contributed by atoms with Crippen LogP contribution < -0.4 is 0 Å². The van der Waals surface area contributed by atoms with Crippen molar-refractivity contribution in [1.82, 2.24) is 0 Å². The zero-order chi connectivity index (χ0) is 17.2. The van der Waals surface area contributed by atoms with Crippen LogP contribution in [0.1, 0.15) is 24.3 Å². The maximum atomic E-state index is 12.5. The van der Waals surface area contributed by atoms with Gasteiger partial charge in [0.2, 0.25) is 0 Å². The van der Waals surface area contributed by atoms with Crippen molar-refractivity contribution in [3.05, 3.63) is 59.9 Å². The third-order valence-electron chi connectivity index (χ3n) is 4.07. The Morgan fingerprint density at radius 3 is 2.62 bits per heavy atom. The lowest BCUT2D eigenvalue weighted by Crippen LogP contribution is -2.21. The van der Waals surface area contributed by atoms with Crippen LogP contribution in [-0.4, -0.2) is 14.0 Å². The lowest BCUT2D eigenvalue weighted by Gasteiger charge is -2.23. The molecule has 1 aliphatic heterocycles. The van der Waals surface area contributed by atoms with E-state index in [9.17, 15) is 4.79 Å². The van der Waals surface area contributed by atoms with Gasteiger partial charge in [0, 0.05) is 12.5 Å². The normalized spacial score (nSPS) is 19.7. The minimum atomic E-state index is -1.40. The molecule has 3 rings (SSSR count). The zero-order valence-corrected chi connectivity index (χ0v) is 15.4. The number of carbonyl (C=O) groups excluding carboxylic acids is 1. The highest BCUT2D eigenvalue weighted by atomic mass is 28.3. The van der Waals surface area contributed by atoms with Crippen LogP contribution in [-0.2, 0) is 9.53 Å². The van der Waals surface area contributed by atoms with Gasteiger partial charge in [0.1, 0.15) is 13.8 Å². The van der Waals surface area contributed by atoms with Gasteiger partial charge in [0.25, 0.3) is 0 Å². The number of hydrogen-bond acceptors (Lipinski definition) is 2. The summed E-state index contributed by atoms with van der Waals surface area (Å²) < 4.78 is 5.55. The highest BCUT2D eigenvalue weighted by Crippen LogP contribution is 2.34. The average Bonchev–Trinajstić information content (AvgIpc) is 2.53. The van der Waals surface area contributed by atoms with E-state index in [1.165, 1.54) is 0 Å². The summed E-state index contributed by atoms with van der Waals surface area (Å²) >= 11 is 0. The number of carbonyl (C=O) groups is 1. The number of rotatable bonds is 1. The van der Waals surface area contributed by atoms with Gasteiger partial charge in [-0.25, -0.2) is 0 Å². The molecule has 0 spiro atoms. The molecule has 2 nitrogen and oxygen atoms in total. The molecule has 0 amide bonds. The molecule has 1 atom stereocenters. The molecule has 1 fully saturated rings. The van der Waals surface area contributed by atoms with Crippen molar-refractivity contribution in [2.75, 3.05) is 0 Å². The summed E-state index contributed by atoms with van der Waals surface area (Å²) in [7, 11) is -1.40. The molecule has 1 aliphatic rings. The van der Waals surface area contributed by atoms with Crippen molar-refractivity contribution < 1.29 is 9.53 Å². The number of esters is 1. The zero-order valence-electron chi connectivity index (χ0n) is 14.4. The second-order valence-electron chi connectivity index (χ2n) is 7.21. The predicted octanol–water partition coefficient (Wildman–Crippen LogP) is 5.03. The van der Waals surface area contributed by atoms with Crippen LogP contribution in [0.4, 0.5) is 0 Å². The molecule has 2 aromatic rings. The van der Waals surface area contributed by atoms with Crippen molar-refractivity contribution in [2.24, 2.45) is 0 Å². The number of hydrogen-bond donors (Lipinski definition) is 0. The Morgan fingerprint density at radius 1 is 1.12 bits per heavy atom. The van der Waals surface area contributed by atoms with E-state index in [1.54, 1.807) is 6.08 Å². The number of allylic oxidation sites excluding steroid dienone is 2. The predicted molar refractivity (Wildman–Crippen MR) is 101 cm³/mol.